The summed E-state index contributed by atoms with van der Waals surface area (Å²) in [5, 5.41) is 40.3. The number of esters is 2. The van der Waals surface area contributed by atoms with Crippen LogP contribution >= 0.6 is 0 Å². The number of aliphatic hydroxyl groups excluding tert-OH is 4. The van der Waals surface area contributed by atoms with Crippen LogP contribution in [0.3, 0.4) is 0 Å². The van der Waals surface area contributed by atoms with Crippen LogP contribution in [0.15, 0.2) is 0 Å². The molecule has 0 aromatic carbocycles. The van der Waals surface area contributed by atoms with Crippen molar-refractivity contribution in [1.29, 1.82) is 0 Å². The van der Waals surface area contributed by atoms with Crippen LogP contribution < -0.4 is 0 Å². The van der Waals surface area contributed by atoms with Gasteiger partial charge in [0.2, 0.25) is 0 Å². The largest absolute Gasteiger partial charge is 0.462 e. The number of unbranched alkanes of at least 4 members (excludes halogenated alkanes) is 38. The molecule has 1 fully saturated rings. The zero-order valence-corrected chi connectivity index (χ0v) is 42.5. The van der Waals surface area contributed by atoms with Gasteiger partial charge in [-0.15, -0.1) is 0 Å². The lowest BCUT2D eigenvalue weighted by Crippen LogP contribution is -2.59. The maximum atomic E-state index is 12.9. The van der Waals surface area contributed by atoms with Gasteiger partial charge in [-0.2, -0.15) is 0 Å². The van der Waals surface area contributed by atoms with Gasteiger partial charge >= 0.3 is 11.9 Å². The first-order chi connectivity index (χ1) is 31.8. The number of carbonyl (C=O) groups is 2. The van der Waals surface area contributed by atoms with Gasteiger partial charge in [0, 0.05) is 12.8 Å². The van der Waals surface area contributed by atoms with E-state index in [0.717, 1.165) is 38.5 Å². The molecule has 0 aliphatic carbocycles. The topological polar surface area (TPSA) is 152 Å². The summed E-state index contributed by atoms with van der Waals surface area (Å²) in [7, 11) is 0. The van der Waals surface area contributed by atoms with Gasteiger partial charge in [-0.3, -0.25) is 9.59 Å². The van der Waals surface area contributed by atoms with Crippen LogP contribution in [-0.4, -0.2) is 89.0 Å². The summed E-state index contributed by atoms with van der Waals surface area (Å²) in [6.45, 7) is 3.50. The molecule has 4 N–H and O–H groups in total. The Balaban J connectivity index is 2.19. The number of carbonyl (C=O) groups excluding carboxylic acids is 2. The van der Waals surface area contributed by atoms with Crippen molar-refractivity contribution in [3.8, 4) is 0 Å². The molecule has 10 heteroatoms. The molecule has 65 heavy (non-hydrogen) atoms. The monoisotopic (exact) mass is 927 g/mol. The maximum absolute atomic E-state index is 12.9. The molecule has 1 aliphatic rings. The van der Waals surface area contributed by atoms with Crippen LogP contribution in [0.25, 0.3) is 0 Å². The summed E-state index contributed by atoms with van der Waals surface area (Å²) in [6.07, 6.45) is 44.0. The van der Waals surface area contributed by atoms with Crippen molar-refractivity contribution in [1.82, 2.24) is 0 Å². The Kier molecular flexibility index (Phi) is 44.1. The molecule has 0 bridgehead atoms. The SMILES string of the molecule is CCCCCCCCCCCCCCCCCCCCCCCCC(=O)OC[C@@H](CO[C@H]1O[C@@H](CO)[C@@H](O)C(O)C1O)OC(=O)CCCCCCCCCCCCCCCCCCCC. The van der Waals surface area contributed by atoms with E-state index in [0.29, 0.717) is 6.42 Å². The first-order valence-corrected chi connectivity index (χ1v) is 28.1. The first kappa shape index (κ1) is 61.7. The highest BCUT2D eigenvalue weighted by molar-refractivity contribution is 5.70. The molecule has 386 valence electrons. The second-order valence-corrected chi connectivity index (χ2v) is 19.8. The van der Waals surface area contributed by atoms with Gasteiger partial charge in [-0.1, -0.05) is 258 Å². The van der Waals surface area contributed by atoms with Gasteiger partial charge in [0.1, 0.15) is 31.0 Å². The summed E-state index contributed by atoms with van der Waals surface area (Å²) < 4.78 is 22.3. The van der Waals surface area contributed by atoms with E-state index in [2.05, 4.69) is 13.8 Å². The predicted octanol–water partition coefficient (Wildman–Crippen LogP) is 13.7. The number of hydrogen-bond acceptors (Lipinski definition) is 10. The van der Waals surface area contributed by atoms with Gasteiger partial charge in [0.05, 0.1) is 13.2 Å². The summed E-state index contributed by atoms with van der Waals surface area (Å²) in [5.41, 5.74) is 0. The van der Waals surface area contributed by atoms with Crippen molar-refractivity contribution in [3.05, 3.63) is 0 Å². The van der Waals surface area contributed by atoms with Crippen molar-refractivity contribution < 1.29 is 49.0 Å². The van der Waals surface area contributed by atoms with E-state index in [1.165, 1.54) is 212 Å². The Morgan fingerprint density at radius 2 is 0.723 bits per heavy atom. The minimum absolute atomic E-state index is 0.208. The van der Waals surface area contributed by atoms with Crippen LogP contribution in [0, 0.1) is 0 Å². The molecule has 0 aromatic heterocycles. The van der Waals surface area contributed by atoms with E-state index >= 15 is 0 Å². The lowest BCUT2D eigenvalue weighted by Gasteiger charge is -2.39. The lowest BCUT2D eigenvalue weighted by molar-refractivity contribution is -0.305. The lowest BCUT2D eigenvalue weighted by atomic mass is 9.99. The average Bonchev–Trinajstić information content (AvgIpc) is 3.30. The molecule has 1 rings (SSSR count). The van der Waals surface area contributed by atoms with Crippen LogP contribution in [0.1, 0.15) is 284 Å². The second-order valence-electron chi connectivity index (χ2n) is 19.8. The molecule has 0 spiro atoms. The molecule has 2 unspecified atom stereocenters. The first-order valence-electron chi connectivity index (χ1n) is 28.1. The zero-order chi connectivity index (χ0) is 47.3. The molecule has 0 saturated carbocycles. The van der Waals surface area contributed by atoms with Gasteiger partial charge in [-0.05, 0) is 12.8 Å². The molecule has 0 amide bonds. The quantitative estimate of drug-likeness (QED) is 0.0343. The van der Waals surface area contributed by atoms with E-state index in [-0.39, 0.29) is 32.0 Å². The highest BCUT2D eigenvalue weighted by Gasteiger charge is 2.44. The third-order valence-electron chi connectivity index (χ3n) is 13.5. The number of rotatable bonds is 49. The van der Waals surface area contributed by atoms with Gasteiger partial charge in [0.15, 0.2) is 12.4 Å². The predicted molar refractivity (Wildman–Crippen MR) is 266 cm³/mol. The highest BCUT2D eigenvalue weighted by Crippen LogP contribution is 2.23. The molecule has 1 saturated heterocycles. The Morgan fingerprint density at radius 3 is 1.05 bits per heavy atom. The van der Waals surface area contributed by atoms with Crippen LogP contribution in [0.2, 0.25) is 0 Å². The van der Waals surface area contributed by atoms with E-state index in [9.17, 15) is 30.0 Å². The maximum Gasteiger partial charge on any atom is 0.306 e. The fourth-order valence-corrected chi connectivity index (χ4v) is 9.08. The van der Waals surface area contributed by atoms with Crippen LogP contribution in [0.4, 0.5) is 0 Å². The Bertz CT molecular complexity index is 1030. The molecule has 10 nitrogen and oxygen atoms in total. The second kappa shape index (κ2) is 46.4. The third-order valence-corrected chi connectivity index (χ3v) is 13.5. The molecule has 0 radical (unpaired) electrons. The van der Waals surface area contributed by atoms with Crippen molar-refractivity contribution in [2.45, 2.75) is 320 Å². The van der Waals surface area contributed by atoms with Crippen molar-refractivity contribution >= 4 is 11.9 Å². The molecular formula is C55H106O10. The average molecular weight is 927 g/mol. The number of hydrogen-bond donors (Lipinski definition) is 4. The zero-order valence-electron chi connectivity index (χ0n) is 42.5. The van der Waals surface area contributed by atoms with E-state index in [1.54, 1.807) is 0 Å². The molecule has 6 atom stereocenters. The molecule has 0 aromatic rings. The van der Waals surface area contributed by atoms with Crippen LogP contribution in [-0.2, 0) is 28.5 Å². The highest BCUT2D eigenvalue weighted by atomic mass is 16.7. The smallest absolute Gasteiger partial charge is 0.306 e. The molecular weight excluding hydrogens is 821 g/mol. The summed E-state index contributed by atoms with van der Waals surface area (Å²) in [5.74, 6) is -0.782. The molecule has 1 aliphatic heterocycles. The Morgan fingerprint density at radius 1 is 0.415 bits per heavy atom. The van der Waals surface area contributed by atoms with Gasteiger partial charge in [0.25, 0.3) is 0 Å². The normalized spacial score (nSPS) is 19.1. The fourth-order valence-electron chi connectivity index (χ4n) is 9.08. The standard InChI is InChI=1S/C55H106O10/c1-3-5-7-9-11-13-15-17-19-21-23-24-25-26-28-29-31-33-35-37-39-41-43-50(57)62-46-48(47-63-55-54(61)53(60)52(59)49(45-56)65-55)64-51(58)44-42-40-38-36-34-32-30-27-22-20-18-16-14-12-10-8-6-4-2/h48-49,52-56,59-61H,3-47H2,1-2H3/t48-,49-,52+,53?,54?,55-/m0/s1. The van der Waals surface area contributed by atoms with Gasteiger partial charge < -0.3 is 39.4 Å². The molecule has 1 heterocycles. The van der Waals surface area contributed by atoms with E-state index in [1.807, 2.05) is 0 Å². The summed E-state index contributed by atoms with van der Waals surface area (Å²) in [6, 6.07) is 0. The minimum Gasteiger partial charge on any atom is -0.462 e. The van der Waals surface area contributed by atoms with Crippen LogP contribution in [0.5, 0.6) is 0 Å². The van der Waals surface area contributed by atoms with Crippen molar-refractivity contribution in [3.63, 3.8) is 0 Å². The Hall–Kier alpha value is -1.30. The van der Waals surface area contributed by atoms with Crippen molar-refractivity contribution in [2.24, 2.45) is 0 Å². The number of aliphatic hydroxyl groups is 4. The van der Waals surface area contributed by atoms with Crippen molar-refractivity contribution in [2.75, 3.05) is 19.8 Å². The number of ether oxygens (including phenoxy) is 4. The van der Waals surface area contributed by atoms with Gasteiger partial charge in [-0.25, -0.2) is 0 Å². The fraction of sp³-hybridized carbons (Fsp3) is 0.964. The minimum atomic E-state index is -1.59. The van der Waals surface area contributed by atoms with E-state index in [4.69, 9.17) is 18.9 Å². The summed E-state index contributed by atoms with van der Waals surface area (Å²) >= 11 is 0. The third kappa shape index (κ3) is 37.3. The van der Waals surface area contributed by atoms with E-state index < -0.39 is 49.4 Å². The summed E-state index contributed by atoms with van der Waals surface area (Å²) in [4.78, 5) is 25.5. The Labute approximate surface area is 399 Å².